The van der Waals surface area contributed by atoms with Gasteiger partial charge in [-0.3, -0.25) is 9.79 Å². The van der Waals surface area contributed by atoms with Gasteiger partial charge in [-0.15, -0.1) is 0 Å². The lowest BCUT2D eigenvalue weighted by Crippen LogP contribution is -2.36. The molecule has 0 aliphatic rings. The fourth-order valence-electron chi connectivity index (χ4n) is 4.35. The third-order valence-corrected chi connectivity index (χ3v) is 6.87. The van der Waals surface area contributed by atoms with Crippen LogP contribution in [0, 0.1) is 6.92 Å². The first-order chi connectivity index (χ1) is 20.2. The van der Waals surface area contributed by atoms with Crippen LogP contribution in [-0.2, 0) is 4.74 Å². The van der Waals surface area contributed by atoms with Crippen LogP contribution >= 0.6 is 11.6 Å². The molecule has 0 unspecified atom stereocenters. The highest BCUT2D eigenvalue weighted by molar-refractivity contribution is 6.31. The third-order valence-electron chi connectivity index (χ3n) is 6.63. The minimum atomic E-state index is -0.551. The summed E-state index contributed by atoms with van der Waals surface area (Å²) in [5.41, 5.74) is 10.7. The Labute approximate surface area is 259 Å². The van der Waals surface area contributed by atoms with E-state index in [0.29, 0.717) is 59.1 Å². The van der Waals surface area contributed by atoms with E-state index in [2.05, 4.69) is 10.3 Å². The van der Waals surface area contributed by atoms with Gasteiger partial charge in [-0.1, -0.05) is 11.6 Å². The van der Waals surface area contributed by atoms with E-state index in [0.717, 1.165) is 22.7 Å². The van der Waals surface area contributed by atoms with Crippen LogP contribution in [0.1, 0.15) is 50.7 Å². The molecule has 0 fully saturated rings. The molecule has 10 nitrogen and oxygen atoms in total. The number of aromatic nitrogens is 2. The average Bonchev–Trinajstić information content (AvgIpc) is 2.94. The molecule has 0 atom stereocenters. The average molecular weight is 608 g/mol. The fourth-order valence-corrected chi connectivity index (χ4v) is 4.52. The summed E-state index contributed by atoms with van der Waals surface area (Å²) in [4.78, 5) is 43.2. The van der Waals surface area contributed by atoms with Gasteiger partial charge in [0, 0.05) is 68.2 Å². The van der Waals surface area contributed by atoms with Crippen molar-refractivity contribution < 1.29 is 14.3 Å². The summed E-state index contributed by atoms with van der Waals surface area (Å²) in [5.74, 6) is -0.205. The first-order valence-corrected chi connectivity index (χ1v) is 14.6. The van der Waals surface area contributed by atoms with Crippen LogP contribution in [0.5, 0.6) is 0 Å². The zero-order valence-corrected chi connectivity index (χ0v) is 27.0. The Hall–Kier alpha value is -4.18. The summed E-state index contributed by atoms with van der Waals surface area (Å²) in [5, 5.41) is 4.49. The van der Waals surface area contributed by atoms with Crippen molar-refractivity contribution in [1.29, 1.82) is 0 Å². The number of halogens is 1. The number of pyridine rings is 2. The fraction of sp³-hybridized carbons (Fsp3) is 0.406. The number of likely N-dealkylation sites (N-methyl/N-ethyl adjacent to an activating group) is 2. The highest BCUT2D eigenvalue weighted by Crippen LogP contribution is 2.28. The van der Waals surface area contributed by atoms with Gasteiger partial charge in [-0.2, -0.15) is 0 Å². The van der Waals surface area contributed by atoms with Gasteiger partial charge in [-0.25, -0.2) is 14.8 Å². The number of amides is 2. The Morgan fingerprint density at radius 3 is 2.44 bits per heavy atom. The second-order valence-electron chi connectivity index (χ2n) is 11.3. The number of aryl methyl sites for hydroxylation is 1. The first kappa shape index (κ1) is 33.3. The van der Waals surface area contributed by atoms with Gasteiger partial charge in [0.15, 0.2) is 0 Å². The standard InChI is InChI=1S/C32H42ClN7O3/c1-9-35-20(2)22(18-34)19-40(8)30(41)25-17-29(38-27-11-10-23(33)16-24(25)27)28-13-12-26(21(3)37-28)36-14-15-39(7)31(42)43-32(4,5)6/h10-13,16-18,36H,9,14-15,19,34H2,1-8H3. The van der Waals surface area contributed by atoms with Gasteiger partial charge in [-0.05, 0) is 77.9 Å². The van der Waals surface area contributed by atoms with E-state index in [1.807, 2.05) is 53.7 Å². The summed E-state index contributed by atoms with van der Waals surface area (Å²) in [6.45, 7) is 13.1. The van der Waals surface area contributed by atoms with E-state index in [1.165, 1.54) is 11.1 Å². The quantitative estimate of drug-likeness (QED) is 0.273. The number of fused-ring (bicyclic) bond motifs is 1. The zero-order chi connectivity index (χ0) is 31.9. The molecule has 0 aliphatic carbocycles. The van der Waals surface area contributed by atoms with Crippen LogP contribution in [0.4, 0.5) is 10.5 Å². The third kappa shape index (κ3) is 8.90. The van der Waals surface area contributed by atoms with Crippen molar-refractivity contribution in [2.45, 2.75) is 47.1 Å². The van der Waals surface area contributed by atoms with Gasteiger partial charge in [0.25, 0.3) is 5.91 Å². The molecule has 0 aliphatic heterocycles. The minimum absolute atomic E-state index is 0.205. The van der Waals surface area contributed by atoms with Gasteiger partial charge < -0.3 is 25.6 Å². The van der Waals surface area contributed by atoms with Crippen LogP contribution < -0.4 is 11.1 Å². The number of nitrogens with zero attached hydrogens (tertiary/aromatic N) is 5. The Kier molecular flexibility index (Phi) is 11.1. The lowest BCUT2D eigenvalue weighted by Gasteiger charge is -2.24. The predicted molar refractivity (Wildman–Crippen MR) is 175 cm³/mol. The second kappa shape index (κ2) is 14.3. The Bertz CT molecular complexity index is 1550. The van der Waals surface area contributed by atoms with Crippen LogP contribution in [0.15, 0.2) is 53.2 Å². The number of rotatable bonds is 10. The number of carbonyl (C=O) groups is 2. The Balaban J connectivity index is 1.86. The van der Waals surface area contributed by atoms with Crippen LogP contribution in [0.3, 0.4) is 0 Å². The summed E-state index contributed by atoms with van der Waals surface area (Å²) >= 11 is 6.32. The van der Waals surface area contributed by atoms with Gasteiger partial charge >= 0.3 is 6.09 Å². The molecule has 3 aromatic rings. The van der Waals surface area contributed by atoms with Crippen molar-refractivity contribution in [3.63, 3.8) is 0 Å². The molecule has 2 aromatic heterocycles. The van der Waals surface area contributed by atoms with Gasteiger partial charge in [0.2, 0.25) is 0 Å². The lowest BCUT2D eigenvalue weighted by molar-refractivity contribution is 0.0305. The lowest BCUT2D eigenvalue weighted by atomic mass is 10.0. The van der Waals surface area contributed by atoms with Crippen molar-refractivity contribution in [2.24, 2.45) is 10.7 Å². The molecule has 0 saturated heterocycles. The molecule has 11 heteroatoms. The van der Waals surface area contributed by atoms with Crippen molar-refractivity contribution in [1.82, 2.24) is 19.8 Å². The number of hydrogen-bond donors (Lipinski definition) is 2. The van der Waals surface area contributed by atoms with E-state index >= 15 is 0 Å². The van der Waals surface area contributed by atoms with E-state index in [-0.39, 0.29) is 12.0 Å². The number of carbonyl (C=O) groups excluding carboxylic acids is 2. The Morgan fingerprint density at radius 2 is 1.81 bits per heavy atom. The highest BCUT2D eigenvalue weighted by Gasteiger charge is 2.21. The zero-order valence-electron chi connectivity index (χ0n) is 26.3. The molecule has 2 amide bonds. The van der Waals surface area contributed by atoms with E-state index in [1.54, 1.807) is 43.3 Å². The molecule has 0 saturated carbocycles. The smallest absolute Gasteiger partial charge is 0.410 e. The van der Waals surface area contributed by atoms with Gasteiger partial charge in [0.1, 0.15) is 5.60 Å². The maximum atomic E-state index is 13.8. The Morgan fingerprint density at radius 1 is 1.09 bits per heavy atom. The van der Waals surface area contributed by atoms with Crippen molar-refractivity contribution in [2.75, 3.05) is 45.6 Å². The molecular weight excluding hydrogens is 566 g/mol. The van der Waals surface area contributed by atoms with Crippen molar-refractivity contribution >= 4 is 45.9 Å². The van der Waals surface area contributed by atoms with E-state index in [4.69, 9.17) is 32.0 Å². The minimum Gasteiger partial charge on any atom is -0.444 e. The SMILES string of the molecule is CCN=C(C)C(=CN)CN(C)C(=O)c1cc(-c2ccc(NCCN(C)C(=O)OC(C)(C)C)c(C)n2)nc2ccc(Cl)cc12. The molecule has 0 bridgehead atoms. The summed E-state index contributed by atoms with van der Waals surface area (Å²) in [6, 6.07) is 10.8. The first-order valence-electron chi connectivity index (χ1n) is 14.2. The normalized spacial score (nSPS) is 12.3. The topological polar surface area (TPSA) is 126 Å². The number of hydrogen-bond acceptors (Lipinski definition) is 8. The number of nitrogens with one attached hydrogen (secondary N) is 1. The van der Waals surface area contributed by atoms with Gasteiger partial charge in [0.05, 0.1) is 33.8 Å². The van der Waals surface area contributed by atoms with Crippen LogP contribution in [-0.4, -0.2) is 83.4 Å². The van der Waals surface area contributed by atoms with Crippen molar-refractivity contribution in [3.05, 3.63) is 64.5 Å². The molecule has 43 heavy (non-hydrogen) atoms. The molecule has 0 radical (unpaired) electrons. The second-order valence-corrected chi connectivity index (χ2v) is 11.7. The molecule has 230 valence electrons. The van der Waals surface area contributed by atoms with Crippen molar-refractivity contribution in [3.8, 4) is 11.4 Å². The maximum absolute atomic E-state index is 13.8. The molecule has 3 rings (SSSR count). The molecule has 3 N–H and O–H groups in total. The molecule has 2 heterocycles. The largest absolute Gasteiger partial charge is 0.444 e. The van der Waals surface area contributed by atoms with E-state index < -0.39 is 5.60 Å². The summed E-state index contributed by atoms with van der Waals surface area (Å²) in [7, 11) is 3.43. The number of aliphatic imine (C=N–C) groups is 1. The maximum Gasteiger partial charge on any atom is 0.410 e. The predicted octanol–water partition coefficient (Wildman–Crippen LogP) is 5.93. The van der Waals surface area contributed by atoms with Crippen LogP contribution in [0.2, 0.25) is 5.02 Å². The van der Waals surface area contributed by atoms with Crippen LogP contribution in [0.25, 0.3) is 22.3 Å². The number of nitrogens with two attached hydrogens (primary N) is 1. The highest BCUT2D eigenvalue weighted by atomic mass is 35.5. The summed E-state index contributed by atoms with van der Waals surface area (Å²) < 4.78 is 5.41. The number of anilines is 1. The van der Waals surface area contributed by atoms with E-state index in [9.17, 15) is 9.59 Å². The molecular formula is C32H42ClN7O3. The molecule has 0 spiro atoms. The summed E-state index contributed by atoms with van der Waals surface area (Å²) in [6.07, 6.45) is 1.11. The number of ether oxygens (including phenoxy) is 1. The molecule has 1 aromatic carbocycles. The number of benzene rings is 1. The monoisotopic (exact) mass is 607 g/mol.